The van der Waals surface area contributed by atoms with E-state index in [4.69, 9.17) is 9.47 Å². The summed E-state index contributed by atoms with van der Waals surface area (Å²) in [5.41, 5.74) is 0. The summed E-state index contributed by atoms with van der Waals surface area (Å²) < 4.78 is 11.0. The largest absolute Gasteiger partial charge is 0.389 e. The molecule has 1 aliphatic heterocycles. The zero-order valence-electron chi connectivity index (χ0n) is 13.3. The van der Waals surface area contributed by atoms with Gasteiger partial charge in [0.25, 0.3) is 0 Å². The maximum Gasteiger partial charge on any atom is 0.0897 e. The first kappa shape index (κ1) is 17.9. The van der Waals surface area contributed by atoms with E-state index in [9.17, 15) is 5.11 Å². The first-order valence-corrected chi connectivity index (χ1v) is 8.37. The van der Waals surface area contributed by atoms with Gasteiger partial charge in [0.15, 0.2) is 0 Å². The van der Waals surface area contributed by atoms with Crippen LogP contribution in [0.4, 0.5) is 0 Å². The second-order valence-electron chi connectivity index (χ2n) is 5.86. The number of nitrogens with one attached hydrogen (secondary N) is 1. The van der Waals surface area contributed by atoms with Crippen molar-refractivity contribution in [3.8, 4) is 0 Å². The lowest BCUT2D eigenvalue weighted by atomic mass is 10.1. The molecular formula is C16H33NO3. The number of aliphatic hydroxyl groups excluding tert-OH is 1. The Kier molecular flexibility index (Phi) is 10.3. The second kappa shape index (κ2) is 11.5. The summed E-state index contributed by atoms with van der Waals surface area (Å²) in [7, 11) is 0. The van der Waals surface area contributed by atoms with Gasteiger partial charge in [-0.2, -0.15) is 0 Å². The number of unbranched alkanes of at least 4 members (excludes halogenated alkanes) is 1. The molecule has 3 unspecified atom stereocenters. The Morgan fingerprint density at radius 1 is 1.30 bits per heavy atom. The molecule has 1 rings (SSSR count). The Bertz CT molecular complexity index is 220. The first-order valence-electron chi connectivity index (χ1n) is 8.37. The van der Waals surface area contributed by atoms with E-state index in [1.54, 1.807) is 0 Å². The smallest absolute Gasteiger partial charge is 0.0897 e. The maximum absolute atomic E-state index is 9.94. The van der Waals surface area contributed by atoms with Gasteiger partial charge in [-0.05, 0) is 25.7 Å². The molecule has 0 aliphatic carbocycles. The molecule has 1 saturated heterocycles. The van der Waals surface area contributed by atoms with Crippen molar-refractivity contribution in [2.45, 2.75) is 77.0 Å². The van der Waals surface area contributed by atoms with Crippen LogP contribution in [0.15, 0.2) is 0 Å². The van der Waals surface area contributed by atoms with Crippen LogP contribution in [0.25, 0.3) is 0 Å². The third-order valence-corrected chi connectivity index (χ3v) is 3.82. The molecule has 0 spiro atoms. The van der Waals surface area contributed by atoms with E-state index in [-0.39, 0.29) is 6.10 Å². The minimum atomic E-state index is -0.419. The molecule has 0 aromatic carbocycles. The average Bonchev–Trinajstić information content (AvgIpc) is 2.95. The molecule has 0 radical (unpaired) electrons. The third-order valence-electron chi connectivity index (χ3n) is 3.82. The molecule has 1 aliphatic rings. The lowest BCUT2D eigenvalue weighted by Crippen LogP contribution is -2.37. The van der Waals surface area contributed by atoms with Gasteiger partial charge in [0.2, 0.25) is 0 Å². The summed E-state index contributed by atoms with van der Waals surface area (Å²) in [6, 6.07) is 0.535. The number of ether oxygens (including phenoxy) is 2. The van der Waals surface area contributed by atoms with Gasteiger partial charge in [0.05, 0.1) is 25.4 Å². The minimum Gasteiger partial charge on any atom is -0.389 e. The summed E-state index contributed by atoms with van der Waals surface area (Å²) in [5.74, 6) is 0. The summed E-state index contributed by atoms with van der Waals surface area (Å²) in [4.78, 5) is 0. The van der Waals surface area contributed by atoms with Gasteiger partial charge in [0, 0.05) is 19.2 Å². The van der Waals surface area contributed by atoms with E-state index >= 15 is 0 Å². The zero-order chi connectivity index (χ0) is 14.6. The van der Waals surface area contributed by atoms with Crippen LogP contribution in [0.3, 0.4) is 0 Å². The topological polar surface area (TPSA) is 50.7 Å². The van der Waals surface area contributed by atoms with Crippen LogP contribution < -0.4 is 5.32 Å². The van der Waals surface area contributed by atoms with Gasteiger partial charge >= 0.3 is 0 Å². The first-order chi connectivity index (χ1) is 9.76. The van der Waals surface area contributed by atoms with Crippen molar-refractivity contribution in [1.82, 2.24) is 5.32 Å². The van der Waals surface area contributed by atoms with E-state index in [0.717, 1.165) is 19.4 Å². The molecule has 2 N–H and O–H groups in total. The highest BCUT2D eigenvalue weighted by Gasteiger charge is 2.16. The van der Waals surface area contributed by atoms with E-state index in [2.05, 4.69) is 19.2 Å². The summed E-state index contributed by atoms with van der Waals surface area (Å²) in [6.07, 6.45) is 8.10. The lowest BCUT2D eigenvalue weighted by molar-refractivity contribution is -0.0170. The maximum atomic E-state index is 9.94. The molecule has 0 bridgehead atoms. The van der Waals surface area contributed by atoms with Crippen LogP contribution in [0.1, 0.15) is 58.8 Å². The molecule has 20 heavy (non-hydrogen) atoms. The highest BCUT2D eigenvalue weighted by molar-refractivity contribution is 4.70. The average molecular weight is 287 g/mol. The number of rotatable bonds is 12. The van der Waals surface area contributed by atoms with Gasteiger partial charge in [-0.3, -0.25) is 0 Å². The van der Waals surface area contributed by atoms with Crippen molar-refractivity contribution in [2.75, 3.05) is 26.4 Å². The molecule has 4 nitrogen and oxygen atoms in total. The Labute approximate surface area is 124 Å². The zero-order valence-corrected chi connectivity index (χ0v) is 13.3. The van der Waals surface area contributed by atoms with Gasteiger partial charge < -0.3 is 19.9 Å². The molecule has 3 atom stereocenters. The highest BCUT2D eigenvalue weighted by Crippen LogP contribution is 2.12. The van der Waals surface area contributed by atoms with Crippen LogP contribution in [-0.2, 0) is 9.47 Å². The van der Waals surface area contributed by atoms with Crippen molar-refractivity contribution >= 4 is 0 Å². The van der Waals surface area contributed by atoms with Crippen molar-refractivity contribution in [1.29, 1.82) is 0 Å². The van der Waals surface area contributed by atoms with Crippen LogP contribution in [0.2, 0.25) is 0 Å². The van der Waals surface area contributed by atoms with Crippen molar-refractivity contribution in [2.24, 2.45) is 0 Å². The van der Waals surface area contributed by atoms with Crippen LogP contribution >= 0.6 is 0 Å². The Hall–Kier alpha value is -0.160. The van der Waals surface area contributed by atoms with E-state index in [0.29, 0.717) is 25.8 Å². The number of hydrogen-bond donors (Lipinski definition) is 2. The molecular weight excluding hydrogens is 254 g/mol. The molecule has 0 saturated carbocycles. The molecule has 1 heterocycles. The SMILES string of the molecule is CCCCC(CCC)NCC(O)COCC1CCCO1. The normalized spacial score (nSPS) is 22.1. The second-order valence-corrected chi connectivity index (χ2v) is 5.86. The lowest BCUT2D eigenvalue weighted by Gasteiger charge is -2.20. The van der Waals surface area contributed by atoms with Gasteiger partial charge in [-0.25, -0.2) is 0 Å². The minimum absolute atomic E-state index is 0.243. The Morgan fingerprint density at radius 2 is 2.15 bits per heavy atom. The summed E-state index contributed by atoms with van der Waals surface area (Å²) in [6.45, 7) is 6.93. The van der Waals surface area contributed by atoms with Crippen LogP contribution in [0, 0.1) is 0 Å². The van der Waals surface area contributed by atoms with Gasteiger partial charge in [-0.15, -0.1) is 0 Å². The molecule has 1 fully saturated rings. The summed E-state index contributed by atoms with van der Waals surface area (Å²) in [5, 5.41) is 13.4. The van der Waals surface area contributed by atoms with E-state index in [1.165, 1.54) is 32.1 Å². The fraction of sp³-hybridized carbons (Fsp3) is 1.00. The fourth-order valence-corrected chi connectivity index (χ4v) is 2.62. The van der Waals surface area contributed by atoms with Crippen molar-refractivity contribution < 1.29 is 14.6 Å². The Morgan fingerprint density at radius 3 is 2.80 bits per heavy atom. The summed E-state index contributed by atoms with van der Waals surface area (Å²) >= 11 is 0. The molecule has 4 heteroatoms. The molecule has 0 aromatic rings. The van der Waals surface area contributed by atoms with E-state index in [1.807, 2.05) is 0 Å². The van der Waals surface area contributed by atoms with Crippen LogP contribution in [-0.4, -0.2) is 49.7 Å². The molecule has 0 amide bonds. The molecule has 0 aromatic heterocycles. The van der Waals surface area contributed by atoms with Crippen molar-refractivity contribution in [3.63, 3.8) is 0 Å². The standard InChI is InChI=1S/C16H33NO3/c1-3-5-8-14(7-4-2)17-11-15(18)12-19-13-16-9-6-10-20-16/h14-18H,3-13H2,1-2H3. The Balaban J connectivity index is 2.05. The molecule has 120 valence electrons. The van der Waals surface area contributed by atoms with Gasteiger partial charge in [-0.1, -0.05) is 33.1 Å². The van der Waals surface area contributed by atoms with Crippen LogP contribution in [0.5, 0.6) is 0 Å². The predicted octanol–water partition coefficient (Wildman–Crippen LogP) is 2.49. The third kappa shape index (κ3) is 8.20. The highest BCUT2D eigenvalue weighted by atomic mass is 16.5. The van der Waals surface area contributed by atoms with Gasteiger partial charge in [0.1, 0.15) is 0 Å². The van der Waals surface area contributed by atoms with E-state index < -0.39 is 6.10 Å². The number of hydrogen-bond acceptors (Lipinski definition) is 4. The monoisotopic (exact) mass is 287 g/mol. The van der Waals surface area contributed by atoms with Crippen molar-refractivity contribution in [3.05, 3.63) is 0 Å². The number of aliphatic hydroxyl groups is 1. The predicted molar refractivity (Wildman–Crippen MR) is 82.0 cm³/mol. The quantitative estimate of drug-likeness (QED) is 0.579. The fourth-order valence-electron chi connectivity index (χ4n) is 2.62.